The molecule has 0 aliphatic carbocycles. The van der Waals surface area contributed by atoms with Crippen LogP contribution in [0, 0.1) is 5.82 Å². The molecule has 0 atom stereocenters. The molecule has 0 radical (unpaired) electrons. The third-order valence-corrected chi connectivity index (χ3v) is 4.48. The van der Waals surface area contributed by atoms with Crippen molar-refractivity contribution < 1.29 is 22.7 Å². The highest BCUT2D eigenvalue weighted by molar-refractivity contribution is 9.10. The van der Waals surface area contributed by atoms with Gasteiger partial charge in [-0.25, -0.2) is 17.6 Å². The van der Waals surface area contributed by atoms with Gasteiger partial charge in [-0.1, -0.05) is 28.1 Å². The van der Waals surface area contributed by atoms with Gasteiger partial charge in [0.25, 0.3) is 10.0 Å². The molecule has 110 valence electrons. The SMILES string of the molecule is O=C(O)c1ccccc1NS(=O)(=O)c1ccc(Br)cc1F. The Morgan fingerprint density at radius 1 is 1.19 bits per heavy atom. The predicted molar refractivity (Wildman–Crippen MR) is 78.3 cm³/mol. The number of benzene rings is 2. The zero-order valence-electron chi connectivity index (χ0n) is 10.4. The summed E-state index contributed by atoms with van der Waals surface area (Å²) in [5, 5.41) is 9.01. The summed E-state index contributed by atoms with van der Waals surface area (Å²) in [4.78, 5) is 10.5. The molecule has 2 aromatic carbocycles. The molecular formula is C13H9BrFNO4S. The number of halogens is 2. The van der Waals surface area contributed by atoms with Crippen LogP contribution in [-0.4, -0.2) is 19.5 Å². The Morgan fingerprint density at radius 2 is 1.86 bits per heavy atom. The number of sulfonamides is 1. The number of carbonyl (C=O) groups is 1. The van der Waals surface area contributed by atoms with Crippen molar-refractivity contribution in [1.82, 2.24) is 0 Å². The third kappa shape index (κ3) is 3.40. The number of para-hydroxylation sites is 1. The van der Waals surface area contributed by atoms with Gasteiger partial charge in [-0.15, -0.1) is 0 Å². The lowest BCUT2D eigenvalue weighted by Crippen LogP contribution is -2.16. The average molecular weight is 374 g/mol. The molecule has 8 heteroatoms. The van der Waals surface area contributed by atoms with Crippen molar-refractivity contribution in [2.75, 3.05) is 4.72 Å². The first-order valence-corrected chi connectivity index (χ1v) is 7.89. The van der Waals surface area contributed by atoms with Crippen LogP contribution in [-0.2, 0) is 10.0 Å². The number of anilines is 1. The first-order valence-electron chi connectivity index (χ1n) is 5.61. The molecule has 0 bridgehead atoms. The largest absolute Gasteiger partial charge is 0.478 e. The summed E-state index contributed by atoms with van der Waals surface area (Å²) in [6.07, 6.45) is 0. The second-order valence-electron chi connectivity index (χ2n) is 4.03. The van der Waals surface area contributed by atoms with Crippen LogP contribution in [0.3, 0.4) is 0 Å². The maximum absolute atomic E-state index is 13.7. The van der Waals surface area contributed by atoms with Gasteiger partial charge in [-0.05, 0) is 30.3 Å². The van der Waals surface area contributed by atoms with Crippen LogP contribution in [0.15, 0.2) is 51.8 Å². The maximum atomic E-state index is 13.7. The molecule has 0 aliphatic rings. The van der Waals surface area contributed by atoms with E-state index in [0.717, 1.165) is 12.1 Å². The fourth-order valence-corrected chi connectivity index (χ4v) is 3.12. The first-order chi connectivity index (χ1) is 9.81. The number of hydrogen-bond acceptors (Lipinski definition) is 3. The summed E-state index contributed by atoms with van der Waals surface area (Å²) in [7, 11) is -4.23. The molecule has 0 saturated heterocycles. The zero-order valence-corrected chi connectivity index (χ0v) is 12.8. The molecule has 2 aromatic rings. The minimum absolute atomic E-state index is 0.132. The molecule has 2 N–H and O–H groups in total. The standard InChI is InChI=1S/C13H9BrFNO4S/c14-8-5-6-12(10(15)7-8)21(19,20)16-11-4-2-1-3-9(11)13(17)18/h1-7,16H,(H,17,18). The van der Waals surface area contributed by atoms with Gasteiger partial charge in [0.2, 0.25) is 0 Å². The molecule has 0 spiro atoms. The number of nitrogens with one attached hydrogen (secondary N) is 1. The number of aromatic carboxylic acids is 1. The van der Waals surface area contributed by atoms with E-state index in [9.17, 15) is 17.6 Å². The summed E-state index contributed by atoms with van der Waals surface area (Å²) >= 11 is 3.03. The van der Waals surface area contributed by atoms with Crippen molar-refractivity contribution in [1.29, 1.82) is 0 Å². The first kappa shape index (κ1) is 15.5. The fourth-order valence-electron chi connectivity index (χ4n) is 1.65. The molecule has 21 heavy (non-hydrogen) atoms. The third-order valence-electron chi connectivity index (χ3n) is 2.59. The highest BCUT2D eigenvalue weighted by Crippen LogP contribution is 2.23. The van der Waals surface area contributed by atoms with E-state index in [1.807, 2.05) is 0 Å². The van der Waals surface area contributed by atoms with E-state index >= 15 is 0 Å². The molecule has 0 heterocycles. The van der Waals surface area contributed by atoms with Crippen LogP contribution < -0.4 is 4.72 Å². The van der Waals surface area contributed by atoms with Gasteiger partial charge in [-0.2, -0.15) is 0 Å². The van der Waals surface area contributed by atoms with Crippen molar-refractivity contribution in [2.24, 2.45) is 0 Å². The second kappa shape index (κ2) is 5.82. The van der Waals surface area contributed by atoms with Crippen LogP contribution in [0.25, 0.3) is 0 Å². The highest BCUT2D eigenvalue weighted by Gasteiger charge is 2.21. The Kier molecular flexibility index (Phi) is 4.29. The van der Waals surface area contributed by atoms with E-state index in [4.69, 9.17) is 5.11 Å². The second-order valence-corrected chi connectivity index (χ2v) is 6.60. The van der Waals surface area contributed by atoms with Crippen LogP contribution in [0.5, 0.6) is 0 Å². The van der Waals surface area contributed by atoms with E-state index < -0.39 is 26.7 Å². The van der Waals surface area contributed by atoms with E-state index in [-0.39, 0.29) is 11.3 Å². The molecule has 0 saturated carbocycles. The van der Waals surface area contributed by atoms with Gasteiger partial charge in [0, 0.05) is 4.47 Å². The quantitative estimate of drug-likeness (QED) is 0.862. The lowest BCUT2D eigenvalue weighted by molar-refractivity contribution is 0.0698. The smallest absolute Gasteiger partial charge is 0.337 e. The molecule has 0 aliphatic heterocycles. The monoisotopic (exact) mass is 373 g/mol. The molecule has 0 unspecified atom stereocenters. The lowest BCUT2D eigenvalue weighted by atomic mass is 10.2. The summed E-state index contributed by atoms with van der Waals surface area (Å²) in [6.45, 7) is 0. The normalized spacial score (nSPS) is 11.1. The summed E-state index contributed by atoms with van der Waals surface area (Å²) < 4.78 is 40.5. The average Bonchev–Trinajstić information content (AvgIpc) is 2.37. The van der Waals surface area contributed by atoms with Crippen LogP contribution in [0.1, 0.15) is 10.4 Å². The summed E-state index contributed by atoms with van der Waals surface area (Å²) in [5.41, 5.74) is -0.356. The Bertz CT molecular complexity index is 808. The highest BCUT2D eigenvalue weighted by atomic mass is 79.9. The minimum Gasteiger partial charge on any atom is -0.478 e. The van der Waals surface area contributed by atoms with Gasteiger partial charge in [0.05, 0.1) is 11.3 Å². The van der Waals surface area contributed by atoms with Crippen molar-refractivity contribution in [2.45, 2.75) is 4.90 Å². The van der Waals surface area contributed by atoms with Gasteiger partial charge in [-0.3, -0.25) is 4.72 Å². The fraction of sp³-hybridized carbons (Fsp3) is 0. The number of hydrogen-bond donors (Lipinski definition) is 2. The van der Waals surface area contributed by atoms with Crippen molar-refractivity contribution in [3.8, 4) is 0 Å². The maximum Gasteiger partial charge on any atom is 0.337 e. The Morgan fingerprint density at radius 3 is 2.48 bits per heavy atom. The van der Waals surface area contributed by atoms with Gasteiger partial charge < -0.3 is 5.11 Å². The number of rotatable bonds is 4. The molecule has 0 amide bonds. The molecule has 5 nitrogen and oxygen atoms in total. The van der Waals surface area contributed by atoms with Gasteiger partial charge in [0.15, 0.2) is 0 Å². The predicted octanol–water partition coefficient (Wildman–Crippen LogP) is 3.09. The van der Waals surface area contributed by atoms with Crippen molar-refractivity contribution >= 4 is 37.6 Å². The van der Waals surface area contributed by atoms with Crippen molar-refractivity contribution in [3.05, 3.63) is 58.3 Å². The molecular weight excluding hydrogens is 365 g/mol. The zero-order chi connectivity index (χ0) is 15.6. The Balaban J connectivity index is 2.45. The van der Waals surface area contributed by atoms with Crippen LogP contribution in [0.4, 0.5) is 10.1 Å². The molecule has 2 rings (SSSR count). The van der Waals surface area contributed by atoms with Gasteiger partial charge >= 0.3 is 5.97 Å². The lowest BCUT2D eigenvalue weighted by Gasteiger charge is -2.11. The van der Waals surface area contributed by atoms with E-state index in [1.54, 1.807) is 0 Å². The van der Waals surface area contributed by atoms with E-state index in [0.29, 0.717) is 4.47 Å². The molecule has 0 fully saturated rings. The van der Waals surface area contributed by atoms with Crippen LogP contribution in [0.2, 0.25) is 0 Å². The summed E-state index contributed by atoms with van der Waals surface area (Å²) in [6, 6.07) is 8.95. The molecule has 0 aromatic heterocycles. The minimum atomic E-state index is -4.23. The van der Waals surface area contributed by atoms with E-state index in [2.05, 4.69) is 20.7 Å². The topological polar surface area (TPSA) is 83.5 Å². The summed E-state index contributed by atoms with van der Waals surface area (Å²) in [5.74, 6) is -2.23. The van der Waals surface area contributed by atoms with Crippen LogP contribution >= 0.6 is 15.9 Å². The van der Waals surface area contributed by atoms with Gasteiger partial charge in [0.1, 0.15) is 10.7 Å². The Hall–Kier alpha value is -1.93. The Labute approximate surface area is 128 Å². The van der Waals surface area contributed by atoms with Crippen molar-refractivity contribution in [3.63, 3.8) is 0 Å². The number of carboxylic acid groups (broad SMARTS) is 1. The number of carboxylic acids is 1. The van der Waals surface area contributed by atoms with E-state index in [1.165, 1.54) is 30.3 Å².